The highest BCUT2D eigenvalue weighted by atomic mass is 35.5. The van der Waals surface area contributed by atoms with Crippen LogP contribution < -0.4 is 5.73 Å². The second-order valence-electron chi connectivity index (χ2n) is 2.78. The Morgan fingerprint density at radius 3 is 2.71 bits per heavy atom. The molecule has 2 aromatic rings. The Bertz CT molecular complexity index is 477. The van der Waals surface area contributed by atoms with Gasteiger partial charge in [0.15, 0.2) is 28.3 Å². The smallest absolute Gasteiger partial charge is 0.196 e. The number of aromatic nitrogens is 2. The molecule has 2 N–H and O–H groups in total. The van der Waals surface area contributed by atoms with Gasteiger partial charge in [-0.1, -0.05) is 0 Å². The van der Waals surface area contributed by atoms with Gasteiger partial charge in [-0.15, -0.1) is 0 Å². The zero-order chi connectivity index (χ0) is 10.3. The van der Waals surface area contributed by atoms with Crippen molar-refractivity contribution < 1.29 is 8.81 Å². The van der Waals surface area contributed by atoms with Gasteiger partial charge in [0.05, 0.1) is 0 Å². The van der Waals surface area contributed by atoms with Crippen molar-refractivity contribution in [1.82, 2.24) is 9.78 Å². The fourth-order valence-corrected chi connectivity index (χ4v) is 1.26. The predicted molar refractivity (Wildman–Crippen MR) is 50.3 cm³/mol. The molecule has 6 heteroatoms. The van der Waals surface area contributed by atoms with Gasteiger partial charge < -0.3 is 10.2 Å². The molecule has 0 saturated carbocycles. The maximum absolute atomic E-state index is 13.4. The minimum Gasteiger partial charge on any atom is -0.443 e. The lowest BCUT2D eigenvalue weighted by molar-refractivity contribution is 0.570. The van der Waals surface area contributed by atoms with Crippen LogP contribution in [0.4, 0.5) is 10.2 Å². The van der Waals surface area contributed by atoms with Crippen LogP contribution in [-0.4, -0.2) is 9.78 Å². The van der Waals surface area contributed by atoms with Gasteiger partial charge in [0.2, 0.25) is 0 Å². The number of nitrogens with two attached hydrogens (primary N) is 1. The molecular weight excluding hydrogens is 209 g/mol. The zero-order valence-electron chi connectivity index (χ0n) is 7.29. The van der Waals surface area contributed by atoms with E-state index in [9.17, 15) is 4.39 Å². The topological polar surface area (TPSA) is 57.0 Å². The number of nitrogen functional groups attached to an aromatic ring is 1. The fraction of sp³-hybridized carbons (Fsp3) is 0.125. The Morgan fingerprint density at radius 2 is 2.29 bits per heavy atom. The molecule has 0 aliphatic carbocycles. The molecule has 0 bridgehead atoms. The van der Waals surface area contributed by atoms with E-state index in [0.717, 1.165) is 0 Å². The van der Waals surface area contributed by atoms with Crippen LogP contribution in [0.3, 0.4) is 0 Å². The predicted octanol–water partition coefficient (Wildman–Crippen LogP) is 2.05. The van der Waals surface area contributed by atoms with Crippen LogP contribution in [0.2, 0.25) is 5.22 Å². The number of hydrogen-bond acceptors (Lipinski definition) is 3. The average molecular weight is 216 g/mol. The third kappa shape index (κ3) is 1.26. The van der Waals surface area contributed by atoms with Crippen molar-refractivity contribution in [2.45, 2.75) is 0 Å². The van der Waals surface area contributed by atoms with Gasteiger partial charge in [0.25, 0.3) is 0 Å². The van der Waals surface area contributed by atoms with E-state index in [2.05, 4.69) is 5.10 Å². The summed E-state index contributed by atoms with van der Waals surface area (Å²) in [6.07, 6.45) is 0. The van der Waals surface area contributed by atoms with Crippen LogP contribution in [0, 0.1) is 5.82 Å². The first-order valence-corrected chi connectivity index (χ1v) is 4.21. The summed E-state index contributed by atoms with van der Waals surface area (Å²) < 4.78 is 19.7. The van der Waals surface area contributed by atoms with Crippen LogP contribution in [0.1, 0.15) is 0 Å². The molecule has 2 heterocycles. The van der Waals surface area contributed by atoms with E-state index >= 15 is 0 Å². The van der Waals surface area contributed by atoms with Crippen LogP contribution in [0.5, 0.6) is 0 Å². The van der Waals surface area contributed by atoms with Crippen LogP contribution >= 0.6 is 11.6 Å². The largest absolute Gasteiger partial charge is 0.443 e. The Morgan fingerprint density at radius 1 is 1.57 bits per heavy atom. The molecule has 0 unspecified atom stereocenters. The highest BCUT2D eigenvalue weighted by Crippen LogP contribution is 2.27. The minimum absolute atomic E-state index is 0.0347. The third-order valence-electron chi connectivity index (χ3n) is 1.84. The third-order valence-corrected chi connectivity index (χ3v) is 2.04. The molecule has 0 atom stereocenters. The standard InChI is InChI=1S/C8H7ClFN3O/c1-13-8(11)6(10)7(12-13)4-2-3-5(9)14-4/h2-3H,11H2,1H3. The number of hydrogen-bond donors (Lipinski definition) is 1. The fourth-order valence-electron chi connectivity index (χ4n) is 1.11. The van der Waals surface area contributed by atoms with Gasteiger partial charge in [-0.2, -0.15) is 5.10 Å². The molecule has 0 spiro atoms. The van der Waals surface area contributed by atoms with Gasteiger partial charge in [-0.05, 0) is 23.7 Å². The van der Waals surface area contributed by atoms with Gasteiger partial charge in [0, 0.05) is 7.05 Å². The molecule has 2 rings (SSSR count). The van der Waals surface area contributed by atoms with Gasteiger partial charge in [0.1, 0.15) is 0 Å². The number of aryl methyl sites for hydroxylation is 1. The van der Waals surface area contributed by atoms with Crippen molar-refractivity contribution in [3.63, 3.8) is 0 Å². The second kappa shape index (κ2) is 3.02. The maximum atomic E-state index is 13.4. The molecule has 0 amide bonds. The van der Waals surface area contributed by atoms with Gasteiger partial charge in [-0.3, -0.25) is 0 Å². The molecule has 0 aromatic carbocycles. The highest BCUT2D eigenvalue weighted by Gasteiger charge is 2.17. The summed E-state index contributed by atoms with van der Waals surface area (Å²) in [4.78, 5) is 0. The van der Waals surface area contributed by atoms with E-state index in [0.29, 0.717) is 0 Å². The van der Waals surface area contributed by atoms with Gasteiger partial charge in [-0.25, -0.2) is 9.07 Å². The zero-order valence-corrected chi connectivity index (χ0v) is 8.05. The van der Waals surface area contributed by atoms with Crippen molar-refractivity contribution in [3.8, 4) is 11.5 Å². The van der Waals surface area contributed by atoms with Crippen molar-refractivity contribution in [3.05, 3.63) is 23.2 Å². The maximum Gasteiger partial charge on any atom is 0.196 e. The summed E-state index contributed by atoms with van der Waals surface area (Å²) in [5, 5.41) is 4.04. The van der Waals surface area contributed by atoms with Crippen LogP contribution in [0.15, 0.2) is 16.5 Å². The molecule has 2 aromatic heterocycles. The van der Waals surface area contributed by atoms with E-state index in [4.69, 9.17) is 21.8 Å². The minimum atomic E-state index is -0.599. The molecule has 14 heavy (non-hydrogen) atoms. The van der Waals surface area contributed by atoms with E-state index in [-0.39, 0.29) is 22.5 Å². The normalized spacial score (nSPS) is 10.8. The lowest BCUT2D eigenvalue weighted by Gasteiger charge is -1.88. The summed E-state index contributed by atoms with van der Waals surface area (Å²) >= 11 is 5.55. The van der Waals surface area contributed by atoms with Crippen molar-refractivity contribution in [1.29, 1.82) is 0 Å². The van der Waals surface area contributed by atoms with Crippen molar-refractivity contribution in [2.24, 2.45) is 7.05 Å². The number of halogens is 2. The summed E-state index contributed by atoms with van der Waals surface area (Å²) in [7, 11) is 1.55. The molecule has 4 nitrogen and oxygen atoms in total. The first-order chi connectivity index (χ1) is 6.59. The SMILES string of the molecule is Cn1nc(-c2ccc(Cl)o2)c(F)c1N. The summed E-state index contributed by atoms with van der Waals surface area (Å²) in [6, 6.07) is 3.05. The first-order valence-electron chi connectivity index (χ1n) is 3.83. The average Bonchev–Trinajstić information content (AvgIpc) is 2.66. The Labute approximate surface area is 84.1 Å². The Hall–Kier alpha value is -1.49. The van der Waals surface area contributed by atoms with E-state index in [1.54, 1.807) is 7.05 Å². The molecule has 0 aliphatic rings. The Kier molecular flexibility index (Phi) is 1.96. The van der Waals surface area contributed by atoms with E-state index in [1.165, 1.54) is 16.8 Å². The highest BCUT2D eigenvalue weighted by molar-refractivity contribution is 6.28. The molecule has 0 radical (unpaired) electrons. The van der Waals surface area contributed by atoms with E-state index in [1.807, 2.05) is 0 Å². The quantitative estimate of drug-likeness (QED) is 0.792. The molecule has 74 valence electrons. The Balaban J connectivity index is 2.57. The van der Waals surface area contributed by atoms with Gasteiger partial charge >= 0.3 is 0 Å². The van der Waals surface area contributed by atoms with Crippen molar-refractivity contribution >= 4 is 17.4 Å². The van der Waals surface area contributed by atoms with E-state index < -0.39 is 5.82 Å². The number of nitrogens with zero attached hydrogens (tertiary/aromatic N) is 2. The number of furan rings is 1. The first kappa shape index (κ1) is 9.08. The summed E-state index contributed by atoms with van der Waals surface area (Å²) in [6.45, 7) is 0. The lowest BCUT2D eigenvalue weighted by Crippen LogP contribution is -1.97. The molecular formula is C8H7ClFN3O. The molecule has 0 aliphatic heterocycles. The van der Waals surface area contributed by atoms with Crippen LogP contribution in [0.25, 0.3) is 11.5 Å². The number of rotatable bonds is 1. The monoisotopic (exact) mass is 215 g/mol. The number of anilines is 1. The molecule has 0 saturated heterocycles. The molecule has 0 fully saturated rings. The summed E-state index contributed by atoms with van der Waals surface area (Å²) in [5.41, 5.74) is 5.46. The van der Waals surface area contributed by atoms with Crippen molar-refractivity contribution in [2.75, 3.05) is 5.73 Å². The lowest BCUT2D eigenvalue weighted by atomic mass is 10.3. The summed E-state index contributed by atoms with van der Waals surface area (Å²) in [5.74, 6) is -0.370. The van der Waals surface area contributed by atoms with Crippen LogP contribution in [-0.2, 0) is 7.05 Å². The second-order valence-corrected chi connectivity index (χ2v) is 3.15.